The zero-order valence-electron chi connectivity index (χ0n) is 16.1. The Morgan fingerprint density at radius 2 is 1.24 bits per heavy atom. The summed E-state index contributed by atoms with van der Waals surface area (Å²) >= 11 is 0. The molecule has 0 aromatic carbocycles. The number of hydrogen-bond acceptors (Lipinski definition) is 2. The number of rotatable bonds is 8. The van der Waals surface area contributed by atoms with E-state index in [-0.39, 0.29) is 0 Å². The lowest BCUT2D eigenvalue weighted by Crippen LogP contribution is -2.35. The van der Waals surface area contributed by atoms with Crippen molar-refractivity contribution < 1.29 is 9.59 Å². The van der Waals surface area contributed by atoms with E-state index in [2.05, 4.69) is 0 Å². The van der Waals surface area contributed by atoms with E-state index >= 15 is 0 Å². The summed E-state index contributed by atoms with van der Waals surface area (Å²) in [6.07, 6.45) is 19.8. The van der Waals surface area contributed by atoms with Gasteiger partial charge in [-0.25, -0.2) is 0 Å². The van der Waals surface area contributed by atoms with Crippen LogP contribution >= 0.6 is 0 Å². The fourth-order valence-corrected chi connectivity index (χ4v) is 5.93. The van der Waals surface area contributed by atoms with Crippen LogP contribution in [0.4, 0.5) is 0 Å². The molecule has 3 atom stereocenters. The number of ketones is 2. The molecule has 0 aromatic rings. The monoisotopic (exact) mass is 346 g/mol. The molecule has 3 aliphatic carbocycles. The Kier molecular flexibility index (Phi) is 7.55. The lowest BCUT2D eigenvalue weighted by molar-refractivity contribution is -0.127. The molecule has 0 bridgehead atoms. The van der Waals surface area contributed by atoms with Crippen molar-refractivity contribution in [3.05, 3.63) is 0 Å². The minimum Gasteiger partial charge on any atom is -0.299 e. The number of carbonyl (C=O) groups is 2. The summed E-state index contributed by atoms with van der Waals surface area (Å²) in [5.41, 5.74) is 0. The molecule has 0 radical (unpaired) electrons. The van der Waals surface area contributed by atoms with Gasteiger partial charge in [-0.1, -0.05) is 57.8 Å². The minimum absolute atomic E-state index is 0.362. The standard InChI is InChI=1S/C23H38O2/c24-22(19-11-3-1-4-12-19)16-5-2-6-17-23(25)21-15-9-13-18-10-7-8-14-20(18)21/h18-21H,1-17H2. The minimum atomic E-state index is 0.362. The predicted octanol–water partition coefficient (Wildman–Crippen LogP) is 6.26. The molecule has 3 fully saturated rings. The third-order valence-electron chi connectivity index (χ3n) is 7.40. The molecule has 0 saturated heterocycles. The van der Waals surface area contributed by atoms with Gasteiger partial charge in [0.05, 0.1) is 0 Å². The van der Waals surface area contributed by atoms with Gasteiger partial charge in [-0.3, -0.25) is 9.59 Å². The summed E-state index contributed by atoms with van der Waals surface area (Å²) < 4.78 is 0. The summed E-state index contributed by atoms with van der Waals surface area (Å²) in [6, 6.07) is 0. The number of hydrogen-bond donors (Lipinski definition) is 0. The summed E-state index contributed by atoms with van der Waals surface area (Å²) in [5.74, 6) is 3.36. The van der Waals surface area contributed by atoms with Crippen LogP contribution in [0.3, 0.4) is 0 Å². The van der Waals surface area contributed by atoms with Crippen molar-refractivity contribution >= 4 is 11.6 Å². The van der Waals surface area contributed by atoms with Gasteiger partial charge in [-0.15, -0.1) is 0 Å². The van der Waals surface area contributed by atoms with Crippen molar-refractivity contribution in [2.24, 2.45) is 23.7 Å². The molecule has 2 nitrogen and oxygen atoms in total. The Labute approximate surface area is 154 Å². The highest BCUT2D eigenvalue weighted by Gasteiger charge is 2.37. The van der Waals surface area contributed by atoms with Gasteiger partial charge in [0.25, 0.3) is 0 Å². The molecule has 3 unspecified atom stereocenters. The van der Waals surface area contributed by atoms with Crippen molar-refractivity contribution in [3.8, 4) is 0 Å². The number of fused-ring (bicyclic) bond motifs is 1. The van der Waals surface area contributed by atoms with Crippen LogP contribution in [-0.4, -0.2) is 11.6 Å². The molecule has 0 spiro atoms. The molecule has 3 saturated carbocycles. The van der Waals surface area contributed by atoms with E-state index in [1.54, 1.807) is 0 Å². The second-order valence-electron chi connectivity index (χ2n) is 9.07. The van der Waals surface area contributed by atoms with Crippen molar-refractivity contribution in [2.75, 3.05) is 0 Å². The van der Waals surface area contributed by atoms with Crippen LogP contribution in [0.2, 0.25) is 0 Å². The van der Waals surface area contributed by atoms with Gasteiger partial charge in [0, 0.05) is 24.7 Å². The lowest BCUT2D eigenvalue weighted by atomic mass is 9.64. The fourth-order valence-electron chi connectivity index (χ4n) is 5.93. The highest BCUT2D eigenvalue weighted by molar-refractivity contribution is 5.81. The molecule has 0 aromatic heterocycles. The van der Waals surface area contributed by atoms with Gasteiger partial charge in [-0.2, -0.15) is 0 Å². The van der Waals surface area contributed by atoms with E-state index in [1.165, 1.54) is 57.8 Å². The zero-order chi connectivity index (χ0) is 17.5. The summed E-state index contributed by atoms with van der Waals surface area (Å²) in [4.78, 5) is 25.0. The largest absolute Gasteiger partial charge is 0.299 e. The Hall–Kier alpha value is -0.660. The molecule has 3 rings (SSSR count). The molecule has 25 heavy (non-hydrogen) atoms. The smallest absolute Gasteiger partial charge is 0.136 e. The van der Waals surface area contributed by atoms with Gasteiger partial charge in [0.15, 0.2) is 0 Å². The molecule has 3 aliphatic rings. The van der Waals surface area contributed by atoms with Gasteiger partial charge in [0.2, 0.25) is 0 Å². The van der Waals surface area contributed by atoms with Gasteiger partial charge < -0.3 is 0 Å². The van der Waals surface area contributed by atoms with E-state index in [0.717, 1.165) is 57.3 Å². The van der Waals surface area contributed by atoms with Crippen LogP contribution in [0.15, 0.2) is 0 Å². The van der Waals surface area contributed by atoms with E-state index in [0.29, 0.717) is 29.3 Å². The van der Waals surface area contributed by atoms with Crippen LogP contribution in [0.1, 0.15) is 109 Å². The van der Waals surface area contributed by atoms with Crippen LogP contribution in [0.25, 0.3) is 0 Å². The van der Waals surface area contributed by atoms with Gasteiger partial charge in [0.1, 0.15) is 11.6 Å². The second kappa shape index (κ2) is 9.88. The quantitative estimate of drug-likeness (QED) is 0.486. The number of unbranched alkanes of at least 4 members (excludes halogenated alkanes) is 2. The van der Waals surface area contributed by atoms with Crippen LogP contribution in [-0.2, 0) is 9.59 Å². The first-order chi connectivity index (χ1) is 12.3. The summed E-state index contributed by atoms with van der Waals surface area (Å²) in [6.45, 7) is 0. The summed E-state index contributed by atoms with van der Waals surface area (Å²) in [7, 11) is 0. The maximum atomic E-state index is 12.7. The molecule has 2 heteroatoms. The first-order valence-corrected chi connectivity index (χ1v) is 11.3. The summed E-state index contributed by atoms with van der Waals surface area (Å²) in [5, 5.41) is 0. The molecular weight excluding hydrogens is 308 g/mol. The van der Waals surface area contributed by atoms with Gasteiger partial charge >= 0.3 is 0 Å². The Morgan fingerprint density at radius 1 is 0.600 bits per heavy atom. The lowest BCUT2D eigenvalue weighted by Gasteiger charge is -2.40. The van der Waals surface area contributed by atoms with Crippen LogP contribution in [0, 0.1) is 23.7 Å². The first kappa shape index (κ1) is 19.1. The highest BCUT2D eigenvalue weighted by Crippen LogP contribution is 2.44. The maximum Gasteiger partial charge on any atom is 0.136 e. The van der Waals surface area contributed by atoms with Crippen LogP contribution < -0.4 is 0 Å². The third-order valence-corrected chi connectivity index (χ3v) is 7.40. The van der Waals surface area contributed by atoms with Crippen molar-refractivity contribution in [3.63, 3.8) is 0 Å². The normalized spacial score (nSPS) is 30.6. The van der Waals surface area contributed by atoms with Gasteiger partial charge in [-0.05, 0) is 50.4 Å². The Balaban J connectivity index is 1.31. The molecule has 0 heterocycles. The van der Waals surface area contributed by atoms with E-state index in [4.69, 9.17) is 0 Å². The number of carbonyl (C=O) groups excluding carboxylic acids is 2. The third kappa shape index (κ3) is 5.41. The average molecular weight is 347 g/mol. The fraction of sp³-hybridized carbons (Fsp3) is 0.913. The molecule has 0 N–H and O–H groups in total. The van der Waals surface area contributed by atoms with Crippen LogP contribution in [0.5, 0.6) is 0 Å². The molecule has 0 aliphatic heterocycles. The average Bonchev–Trinajstić information content (AvgIpc) is 2.67. The molecule has 142 valence electrons. The maximum absolute atomic E-state index is 12.7. The van der Waals surface area contributed by atoms with Crippen molar-refractivity contribution in [1.29, 1.82) is 0 Å². The SMILES string of the molecule is O=C(CCCCCC(=O)C1CCCC2CCCCC21)C1CCCCC1. The number of Topliss-reactive ketones (excluding diaryl/α,β-unsaturated/α-hetero) is 2. The van der Waals surface area contributed by atoms with Crippen molar-refractivity contribution in [2.45, 2.75) is 109 Å². The van der Waals surface area contributed by atoms with E-state index in [1.807, 2.05) is 0 Å². The highest BCUT2D eigenvalue weighted by atomic mass is 16.1. The predicted molar refractivity (Wildman–Crippen MR) is 102 cm³/mol. The Morgan fingerprint density at radius 3 is 2.04 bits per heavy atom. The zero-order valence-corrected chi connectivity index (χ0v) is 16.1. The van der Waals surface area contributed by atoms with E-state index in [9.17, 15) is 9.59 Å². The van der Waals surface area contributed by atoms with E-state index < -0.39 is 0 Å². The Bertz CT molecular complexity index is 433. The van der Waals surface area contributed by atoms with Crippen molar-refractivity contribution in [1.82, 2.24) is 0 Å². The second-order valence-corrected chi connectivity index (χ2v) is 9.07. The topological polar surface area (TPSA) is 34.1 Å². The molecular formula is C23H38O2. The first-order valence-electron chi connectivity index (χ1n) is 11.3. The molecule has 0 amide bonds.